The summed E-state index contributed by atoms with van der Waals surface area (Å²) in [6.07, 6.45) is 0.0445. The Morgan fingerprint density at radius 1 is 1.29 bits per heavy atom. The molecule has 0 spiro atoms. The van der Waals surface area contributed by atoms with Gasteiger partial charge in [-0.05, 0) is 34.5 Å². The van der Waals surface area contributed by atoms with Gasteiger partial charge in [0.1, 0.15) is 5.75 Å². The van der Waals surface area contributed by atoms with Crippen LogP contribution in [0.3, 0.4) is 0 Å². The summed E-state index contributed by atoms with van der Waals surface area (Å²) in [4.78, 5) is 33.3. The number of nitrogens with one attached hydrogen (secondary N) is 2. The summed E-state index contributed by atoms with van der Waals surface area (Å²) in [6.45, 7) is 0. The normalized spacial score (nSPS) is 9.81. The van der Waals surface area contributed by atoms with Gasteiger partial charge in [-0.25, -0.2) is 4.79 Å². The van der Waals surface area contributed by atoms with E-state index in [1.54, 1.807) is 18.2 Å². The second-order valence-electron chi connectivity index (χ2n) is 4.10. The Morgan fingerprint density at radius 2 is 2.00 bits per heavy atom. The molecule has 7 nitrogen and oxygen atoms in total. The van der Waals surface area contributed by atoms with E-state index in [1.165, 1.54) is 7.11 Å². The van der Waals surface area contributed by atoms with Crippen molar-refractivity contribution in [2.24, 2.45) is 0 Å². The number of carbonyl (C=O) groups is 3. The second kappa shape index (κ2) is 8.25. The van der Waals surface area contributed by atoms with Crippen LogP contribution in [0.25, 0.3) is 0 Å². The number of hydrogen-bond acceptors (Lipinski definition) is 4. The number of carbonyl (C=O) groups excluding carboxylic acids is 2. The minimum Gasteiger partial charge on any atom is -0.495 e. The number of methoxy groups -OCH3 is 1. The number of benzene rings is 1. The molecule has 0 radical (unpaired) electrons. The Bertz CT molecular complexity index is 547. The van der Waals surface area contributed by atoms with Crippen molar-refractivity contribution in [1.29, 1.82) is 0 Å². The number of amides is 3. The maximum atomic E-state index is 11.6. The van der Waals surface area contributed by atoms with Gasteiger partial charge in [0.05, 0.1) is 11.6 Å². The summed E-state index contributed by atoms with van der Waals surface area (Å²) in [5.41, 5.74) is 0.464. The lowest BCUT2D eigenvalue weighted by Crippen LogP contribution is -2.34. The third kappa shape index (κ3) is 6.26. The molecule has 114 valence electrons. The molecule has 0 atom stereocenters. The molecule has 0 unspecified atom stereocenters. The summed E-state index contributed by atoms with van der Waals surface area (Å²) in [6, 6.07) is 4.25. The first-order valence-corrected chi connectivity index (χ1v) is 6.88. The largest absolute Gasteiger partial charge is 0.495 e. The standard InChI is InChI=1S/C13H15BrN2O5/c1-21-10-7-8(5-6-9(10)14)15-13(20)16-11(17)3-2-4-12(18)19/h5-7H,2-4H2,1H3,(H,18,19)(H2,15,16,17,20). The molecule has 0 bridgehead atoms. The van der Waals surface area contributed by atoms with E-state index in [2.05, 4.69) is 26.6 Å². The fraction of sp³-hybridized carbons (Fsp3) is 0.308. The van der Waals surface area contributed by atoms with E-state index >= 15 is 0 Å². The van der Waals surface area contributed by atoms with Crippen LogP contribution in [-0.2, 0) is 9.59 Å². The van der Waals surface area contributed by atoms with Gasteiger partial charge in [0, 0.05) is 24.6 Å². The first kappa shape index (κ1) is 17.0. The minimum absolute atomic E-state index is 0.0244. The molecule has 21 heavy (non-hydrogen) atoms. The van der Waals surface area contributed by atoms with Crippen LogP contribution in [0.15, 0.2) is 22.7 Å². The molecule has 8 heteroatoms. The van der Waals surface area contributed by atoms with Crippen molar-refractivity contribution in [3.8, 4) is 5.75 Å². The van der Waals surface area contributed by atoms with Crippen LogP contribution in [0.1, 0.15) is 19.3 Å². The molecular formula is C13H15BrN2O5. The van der Waals surface area contributed by atoms with Crippen LogP contribution in [0, 0.1) is 0 Å². The lowest BCUT2D eigenvalue weighted by molar-refractivity contribution is -0.137. The molecule has 0 aliphatic carbocycles. The van der Waals surface area contributed by atoms with E-state index in [0.717, 1.165) is 4.47 Å². The molecule has 3 N–H and O–H groups in total. The zero-order valence-corrected chi connectivity index (χ0v) is 12.9. The van der Waals surface area contributed by atoms with E-state index in [4.69, 9.17) is 9.84 Å². The highest BCUT2D eigenvalue weighted by Crippen LogP contribution is 2.27. The monoisotopic (exact) mass is 358 g/mol. The Hall–Kier alpha value is -2.09. The van der Waals surface area contributed by atoms with E-state index < -0.39 is 17.9 Å². The number of aliphatic carboxylic acids is 1. The van der Waals surface area contributed by atoms with Crippen LogP contribution < -0.4 is 15.4 Å². The first-order valence-electron chi connectivity index (χ1n) is 6.08. The Morgan fingerprint density at radius 3 is 2.62 bits per heavy atom. The van der Waals surface area contributed by atoms with Gasteiger partial charge in [0.15, 0.2) is 0 Å². The molecule has 0 aromatic heterocycles. The van der Waals surface area contributed by atoms with Gasteiger partial charge in [-0.15, -0.1) is 0 Å². The van der Waals surface area contributed by atoms with Gasteiger partial charge in [-0.3, -0.25) is 14.9 Å². The summed E-state index contributed by atoms with van der Waals surface area (Å²) >= 11 is 3.28. The van der Waals surface area contributed by atoms with E-state index in [9.17, 15) is 14.4 Å². The number of halogens is 1. The van der Waals surface area contributed by atoms with Crippen LogP contribution in [-0.4, -0.2) is 30.1 Å². The molecule has 3 amide bonds. The Balaban J connectivity index is 2.46. The highest BCUT2D eigenvalue weighted by atomic mass is 79.9. The van der Waals surface area contributed by atoms with Gasteiger partial charge in [0.25, 0.3) is 0 Å². The van der Waals surface area contributed by atoms with Gasteiger partial charge < -0.3 is 15.2 Å². The average Bonchev–Trinajstić information content (AvgIpc) is 2.40. The predicted molar refractivity (Wildman–Crippen MR) is 79.3 cm³/mol. The lowest BCUT2D eigenvalue weighted by Gasteiger charge is -2.09. The Kier molecular flexibility index (Phi) is 6.67. The second-order valence-corrected chi connectivity index (χ2v) is 4.95. The van der Waals surface area contributed by atoms with Crippen molar-refractivity contribution in [3.63, 3.8) is 0 Å². The highest BCUT2D eigenvalue weighted by molar-refractivity contribution is 9.10. The average molecular weight is 359 g/mol. The minimum atomic E-state index is -0.978. The van der Waals surface area contributed by atoms with Gasteiger partial charge >= 0.3 is 12.0 Å². The zero-order valence-electron chi connectivity index (χ0n) is 11.3. The molecule has 1 rings (SSSR count). The summed E-state index contributed by atoms with van der Waals surface area (Å²) in [7, 11) is 1.50. The SMILES string of the molecule is COc1cc(NC(=O)NC(=O)CCCC(=O)O)ccc1Br. The lowest BCUT2D eigenvalue weighted by atomic mass is 10.2. The smallest absolute Gasteiger partial charge is 0.325 e. The maximum Gasteiger partial charge on any atom is 0.325 e. The summed E-state index contributed by atoms with van der Waals surface area (Å²) in [5.74, 6) is -0.965. The number of rotatable bonds is 6. The molecule has 0 saturated heterocycles. The first-order chi connectivity index (χ1) is 9.92. The summed E-state index contributed by atoms with van der Waals surface area (Å²) < 4.78 is 5.82. The number of imide groups is 1. The number of carboxylic acid groups (broad SMARTS) is 1. The van der Waals surface area contributed by atoms with Crippen molar-refractivity contribution in [3.05, 3.63) is 22.7 Å². The van der Waals surface area contributed by atoms with Crippen LogP contribution >= 0.6 is 15.9 Å². The van der Waals surface area contributed by atoms with Gasteiger partial charge in [-0.1, -0.05) is 0 Å². The maximum absolute atomic E-state index is 11.6. The molecule has 0 saturated carbocycles. The molecular weight excluding hydrogens is 344 g/mol. The third-order valence-electron chi connectivity index (χ3n) is 2.46. The molecule has 1 aromatic carbocycles. The fourth-order valence-electron chi connectivity index (χ4n) is 1.49. The van der Waals surface area contributed by atoms with Gasteiger partial charge in [0.2, 0.25) is 5.91 Å². The molecule has 0 aliphatic rings. The number of anilines is 1. The zero-order chi connectivity index (χ0) is 15.8. The number of ether oxygens (including phenoxy) is 1. The van der Waals surface area contributed by atoms with Crippen LogP contribution in [0.2, 0.25) is 0 Å². The van der Waals surface area contributed by atoms with E-state index in [1.807, 2.05) is 0 Å². The Labute approximate surface area is 129 Å². The third-order valence-corrected chi connectivity index (χ3v) is 3.11. The van der Waals surface area contributed by atoms with Crippen molar-refractivity contribution in [2.75, 3.05) is 12.4 Å². The van der Waals surface area contributed by atoms with Crippen molar-refractivity contribution in [1.82, 2.24) is 5.32 Å². The quantitative estimate of drug-likeness (QED) is 0.723. The molecule has 0 fully saturated rings. The number of urea groups is 1. The molecule has 0 aliphatic heterocycles. The molecule has 1 aromatic rings. The molecule has 0 heterocycles. The fourth-order valence-corrected chi connectivity index (χ4v) is 1.90. The van der Waals surface area contributed by atoms with Crippen LogP contribution in [0.5, 0.6) is 5.75 Å². The van der Waals surface area contributed by atoms with E-state index in [-0.39, 0.29) is 19.3 Å². The topological polar surface area (TPSA) is 105 Å². The van der Waals surface area contributed by atoms with Crippen LogP contribution in [0.4, 0.5) is 10.5 Å². The number of carboxylic acids is 1. The van der Waals surface area contributed by atoms with Crippen molar-refractivity contribution >= 4 is 39.5 Å². The van der Waals surface area contributed by atoms with E-state index in [0.29, 0.717) is 11.4 Å². The number of hydrogen-bond donors (Lipinski definition) is 3. The highest BCUT2D eigenvalue weighted by Gasteiger charge is 2.10. The van der Waals surface area contributed by atoms with Gasteiger partial charge in [-0.2, -0.15) is 0 Å². The predicted octanol–water partition coefficient (Wildman–Crippen LogP) is 2.36. The summed E-state index contributed by atoms with van der Waals surface area (Å²) in [5, 5.41) is 13.1. The van der Waals surface area contributed by atoms with Crippen molar-refractivity contribution < 1.29 is 24.2 Å². The van der Waals surface area contributed by atoms with Crippen molar-refractivity contribution in [2.45, 2.75) is 19.3 Å².